The summed E-state index contributed by atoms with van der Waals surface area (Å²) in [7, 11) is -0.543. The van der Waals surface area contributed by atoms with Gasteiger partial charge in [0, 0.05) is 47.6 Å². The predicted molar refractivity (Wildman–Crippen MR) is 220 cm³/mol. The van der Waals surface area contributed by atoms with Crippen molar-refractivity contribution in [2.24, 2.45) is 0 Å². The number of anilines is 1. The third-order valence-electron chi connectivity index (χ3n) is 11.5. The largest absolute Gasteiger partial charge is 0.334 e. The Bertz CT molecular complexity index is 2660. The maximum Gasteiger partial charge on any atom is 0.0842 e. The van der Waals surface area contributed by atoms with Gasteiger partial charge in [0.2, 0.25) is 0 Å². The van der Waals surface area contributed by atoms with Crippen LogP contribution < -0.4 is 20.5 Å². The number of hydrogen-bond donors (Lipinski definition) is 0. The molecule has 3 atom stereocenters. The van der Waals surface area contributed by atoms with Crippen LogP contribution in [0.15, 0.2) is 149 Å². The van der Waals surface area contributed by atoms with Gasteiger partial charge in [0.1, 0.15) is 0 Å². The Kier molecular flexibility index (Phi) is 6.68. The van der Waals surface area contributed by atoms with E-state index in [2.05, 4.69) is 151 Å². The lowest BCUT2D eigenvalue weighted by molar-refractivity contribution is 0.753. The van der Waals surface area contributed by atoms with Crippen LogP contribution in [0, 0.1) is 0 Å². The Balaban J connectivity index is 1.01. The van der Waals surface area contributed by atoms with Gasteiger partial charge >= 0.3 is 0 Å². The van der Waals surface area contributed by atoms with Gasteiger partial charge in [-0.3, -0.25) is 0 Å². The van der Waals surface area contributed by atoms with Gasteiger partial charge in [-0.25, -0.2) is 0 Å². The first kappa shape index (κ1) is 29.1. The maximum atomic E-state index is 2.70. The molecule has 0 fully saturated rings. The summed E-state index contributed by atoms with van der Waals surface area (Å²) in [6.07, 6.45) is 18.0. The second-order valence-corrected chi connectivity index (χ2v) is 18.5. The first-order chi connectivity index (χ1) is 24.8. The summed E-state index contributed by atoms with van der Waals surface area (Å²) in [6, 6.07) is 41.5. The third kappa shape index (κ3) is 4.52. The molecule has 0 saturated heterocycles. The number of nitrogens with zero attached hydrogens (tertiary/aromatic N) is 1. The first-order valence-corrected chi connectivity index (χ1v) is 21.0. The summed E-state index contributed by atoms with van der Waals surface area (Å²) in [6.45, 7) is 0. The molecular weight excluding hydrogens is 659 g/mol. The van der Waals surface area contributed by atoms with E-state index in [9.17, 15) is 0 Å². The van der Waals surface area contributed by atoms with E-state index in [1.165, 1.54) is 69.2 Å². The fourth-order valence-corrected chi connectivity index (χ4v) is 14.0. The van der Waals surface area contributed by atoms with Gasteiger partial charge in [-0.05, 0) is 87.9 Å². The fraction of sp³-hybridized carbons (Fsp3) is 0.130. The smallest absolute Gasteiger partial charge is 0.0842 e. The quantitative estimate of drug-likeness (QED) is 0.170. The topological polar surface area (TPSA) is 3.24 Å². The molecule has 0 bridgehead atoms. The van der Waals surface area contributed by atoms with Gasteiger partial charge in [0.25, 0.3) is 0 Å². The fourth-order valence-electron chi connectivity index (χ4n) is 9.12. The lowest BCUT2D eigenvalue weighted by atomic mass is 9.89. The number of rotatable bonds is 4. The Labute approximate surface area is 303 Å². The van der Waals surface area contributed by atoms with Gasteiger partial charge in [-0.15, -0.1) is 23.1 Å². The number of thiophene rings is 1. The van der Waals surface area contributed by atoms with Crippen molar-refractivity contribution < 1.29 is 0 Å². The molecule has 3 heterocycles. The second kappa shape index (κ2) is 11.5. The molecule has 0 radical (unpaired) electrons. The average Bonchev–Trinajstić information content (AvgIpc) is 3.86. The van der Waals surface area contributed by atoms with E-state index >= 15 is 0 Å². The van der Waals surface area contributed by atoms with Crippen molar-refractivity contribution in [3.63, 3.8) is 0 Å². The summed E-state index contributed by atoms with van der Waals surface area (Å²) >= 11 is 4.03. The number of hydrogen-bond acceptors (Lipinski definition) is 3. The van der Waals surface area contributed by atoms with E-state index in [1.54, 1.807) is 15.9 Å². The van der Waals surface area contributed by atoms with E-state index in [0.717, 1.165) is 19.3 Å². The zero-order valence-electron chi connectivity index (χ0n) is 27.7. The number of thioether (sulfide) groups is 1. The Hall–Kier alpha value is -4.61. The van der Waals surface area contributed by atoms with Crippen molar-refractivity contribution in [1.29, 1.82) is 0 Å². The van der Waals surface area contributed by atoms with Crippen LogP contribution in [0.2, 0.25) is 0 Å². The standard InChI is InChI=1S/C46H35NS2Si/c1-2-9-30-26-31(17-16-28(30)8-1)29-18-20-32(21-19-29)47(38-12-7-15-41-44(38)36-11-4-6-14-40(36)48-41)33-22-23-37-43(27-33)50-42-25-24-35-34-10-3-5-13-39(34)49-46(35)45(37)42/h1-14,16,18-26,31,33,41H,15,17,27,50H2. The first-order valence-electron chi connectivity index (χ1n) is 17.9. The predicted octanol–water partition coefficient (Wildman–Crippen LogP) is 9.00. The normalized spacial score (nSPS) is 21.9. The van der Waals surface area contributed by atoms with Crippen LogP contribution in [0.25, 0.3) is 43.5 Å². The summed E-state index contributed by atoms with van der Waals surface area (Å²) < 4.78 is 2.88. The SMILES string of the molecule is C1=CC(N(c2ccc(C3C=c4ccccc4=CC3)cc2)C2C=CC3=C(C2)[SiH2]c2ccc4c(sc5ccccc54)c23)=C2c3ccccc3SC2C1. The molecule has 0 spiro atoms. The van der Waals surface area contributed by atoms with Crippen LogP contribution in [-0.4, -0.2) is 20.8 Å². The molecule has 1 nitrogen and oxygen atoms in total. The highest BCUT2D eigenvalue weighted by Gasteiger charge is 2.36. The molecule has 0 amide bonds. The average molecular weight is 694 g/mol. The maximum absolute atomic E-state index is 2.70. The molecule has 0 saturated carbocycles. The Morgan fingerprint density at radius 1 is 0.740 bits per heavy atom. The Morgan fingerprint density at radius 2 is 1.58 bits per heavy atom. The molecule has 4 heteroatoms. The van der Waals surface area contributed by atoms with E-state index in [0.29, 0.717) is 11.2 Å². The van der Waals surface area contributed by atoms with Crippen molar-refractivity contribution in [2.75, 3.05) is 4.90 Å². The second-order valence-electron chi connectivity index (χ2n) is 14.2. The van der Waals surface area contributed by atoms with Crippen LogP contribution in [-0.2, 0) is 0 Å². The molecule has 240 valence electrons. The lowest BCUT2D eigenvalue weighted by Gasteiger charge is -2.38. The third-order valence-corrected chi connectivity index (χ3v) is 16.1. The van der Waals surface area contributed by atoms with Gasteiger partial charge < -0.3 is 4.90 Å². The summed E-state index contributed by atoms with van der Waals surface area (Å²) in [4.78, 5) is 4.12. The van der Waals surface area contributed by atoms with Crippen LogP contribution in [0.3, 0.4) is 0 Å². The van der Waals surface area contributed by atoms with Crippen molar-refractivity contribution in [2.45, 2.75) is 41.4 Å². The minimum absolute atomic E-state index is 0.268. The van der Waals surface area contributed by atoms with Crippen molar-refractivity contribution in [3.8, 4) is 0 Å². The van der Waals surface area contributed by atoms with Gasteiger partial charge in [0.15, 0.2) is 0 Å². The molecule has 3 unspecified atom stereocenters. The molecule has 2 aliphatic heterocycles. The molecule has 1 aromatic heterocycles. The van der Waals surface area contributed by atoms with Gasteiger partial charge in [-0.2, -0.15) is 0 Å². The van der Waals surface area contributed by atoms with Gasteiger partial charge in [0.05, 0.1) is 15.6 Å². The molecule has 50 heavy (non-hydrogen) atoms. The van der Waals surface area contributed by atoms with Crippen LogP contribution in [0.5, 0.6) is 0 Å². The van der Waals surface area contributed by atoms with E-state index in [-0.39, 0.29) is 6.04 Å². The highest BCUT2D eigenvalue weighted by molar-refractivity contribution is 8.00. The highest BCUT2D eigenvalue weighted by Crippen LogP contribution is 2.51. The molecule has 3 aliphatic carbocycles. The van der Waals surface area contributed by atoms with Gasteiger partial charge in [-0.1, -0.05) is 126 Å². The van der Waals surface area contributed by atoms with Crippen LogP contribution in [0.1, 0.15) is 41.9 Å². The summed E-state index contributed by atoms with van der Waals surface area (Å²) in [5, 5.41) is 9.33. The minimum atomic E-state index is -0.543. The molecule has 6 aromatic rings. The zero-order chi connectivity index (χ0) is 32.8. The molecule has 5 aliphatic rings. The summed E-state index contributed by atoms with van der Waals surface area (Å²) in [5.74, 6) is 0.405. The van der Waals surface area contributed by atoms with Crippen molar-refractivity contribution in [1.82, 2.24) is 0 Å². The van der Waals surface area contributed by atoms with E-state index in [4.69, 9.17) is 0 Å². The molecule has 0 N–H and O–H groups in total. The number of fused-ring (bicyclic) bond motifs is 10. The zero-order valence-corrected chi connectivity index (χ0v) is 30.7. The molecule has 5 aromatic carbocycles. The van der Waals surface area contributed by atoms with E-state index < -0.39 is 9.52 Å². The highest BCUT2D eigenvalue weighted by atomic mass is 32.2. The Morgan fingerprint density at radius 3 is 2.52 bits per heavy atom. The van der Waals surface area contributed by atoms with E-state index in [1.807, 2.05) is 23.1 Å². The lowest BCUT2D eigenvalue weighted by Crippen LogP contribution is -2.36. The van der Waals surface area contributed by atoms with Crippen LogP contribution in [0.4, 0.5) is 5.69 Å². The van der Waals surface area contributed by atoms with Crippen LogP contribution >= 0.6 is 23.1 Å². The summed E-state index contributed by atoms with van der Waals surface area (Å²) in [5.41, 5.74) is 10.1. The molecule has 11 rings (SSSR count). The monoisotopic (exact) mass is 693 g/mol. The number of benzene rings is 5. The molecular formula is C46H35NS2Si. The minimum Gasteiger partial charge on any atom is -0.334 e. The van der Waals surface area contributed by atoms with Crippen molar-refractivity contribution >= 4 is 87.0 Å². The number of allylic oxidation sites excluding steroid dienone is 4. The van der Waals surface area contributed by atoms with Crippen molar-refractivity contribution in [3.05, 3.63) is 172 Å².